The van der Waals surface area contributed by atoms with Gasteiger partial charge in [0, 0.05) is 30.6 Å². The molecule has 166 valence electrons. The van der Waals surface area contributed by atoms with Gasteiger partial charge in [0.15, 0.2) is 0 Å². The minimum absolute atomic E-state index is 0.00754. The van der Waals surface area contributed by atoms with E-state index in [1.807, 2.05) is 34.8 Å². The minimum Gasteiger partial charge on any atom is -0.342 e. The summed E-state index contributed by atoms with van der Waals surface area (Å²) in [6, 6.07) is 8.03. The van der Waals surface area contributed by atoms with E-state index in [1.54, 1.807) is 11.3 Å². The van der Waals surface area contributed by atoms with Crippen LogP contribution in [0.1, 0.15) is 31.4 Å². The third-order valence-corrected chi connectivity index (χ3v) is 7.39. The van der Waals surface area contributed by atoms with E-state index in [0.29, 0.717) is 31.7 Å². The molecule has 2 fully saturated rings. The van der Waals surface area contributed by atoms with Crippen molar-refractivity contribution in [3.63, 3.8) is 0 Å². The normalized spacial score (nSPS) is 17.8. The largest absolute Gasteiger partial charge is 0.342 e. The second-order valence-corrected chi connectivity index (χ2v) is 9.64. The lowest BCUT2D eigenvalue weighted by Crippen LogP contribution is -2.44. The van der Waals surface area contributed by atoms with Crippen molar-refractivity contribution in [1.82, 2.24) is 25.0 Å². The molecule has 1 amide bonds. The molecule has 3 aromatic rings. The molecule has 0 N–H and O–H groups in total. The van der Waals surface area contributed by atoms with Crippen LogP contribution in [-0.4, -0.2) is 69.4 Å². The summed E-state index contributed by atoms with van der Waals surface area (Å²) in [6.45, 7) is 3.92. The average molecular weight is 450 g/mol. The second kappa shape index (κ2) is 9.42. The number of hydrogen-bond donors (Lipinski definition) is 0. The zero-order chi connectivity index (χ0) is 21.9. The Hall–Kier alpha value is -2.71. The number of ketones is 1. The maximum atomic E-state index is 12.9. The second-order valence-electron chi connectivity index (χ2n) is 8.76. The Morgan fingerprint density at radius 2 is 1.84 bits per heavy atom. The lowest BCUT2D eigenvalue weighted by molar-refractivity contribution is -0.135. The molecule has 0 unspecified atom stereocenters. The average Bonchev–Trinajstić information content (AvgIpc) is 3.53. The molecule has 2 aromatic heterocycles. The standard InChI is InChI=1S/C24H27N5O2S/c30-22(17-5-9-29(10-6-17)24(31)15-28-7-1-2-8-28)13-20-12-19-11-18(23-14-25-16-32-23)3-4-21(19)27-26-20/h3-4,11-12,14,16-17H,1-2,5-10,13,15H2. The molecule has 7 nitrogen and oxygen atoms in total. The first kappa shape index (κ1) is 21.2. The van der Waals surface area contributed by atoms with E-state index in [0.717, 1.165) is 47.3 Å². The van der Waals surface area contributed by atoms with E-state index in [9.17, 15) is 9.59 Å². The topological polar surface area (TPSA) is 79.3 Å². The van der Waals surface area contributed by atoms with E-state index in [2.05, 4.69) is 26.1 Å². The summed E-state index contributed by atoms with van der Waals surface area (Å²) >= 11 is 1.60. The van der Waals surface area contributed by atoms with Gasteiger partial charge in [-0.1, -0.05) is 6.07 Å². The van der Waals surface area contributed by atoms with Crippen LogP contribution in [0.5, 0.6) is 0 Å². The highest BCUT2D eigenvalue weighted by atomic mass is 32.1. The number of hydrogen-bond acceptors (Lipinski definition) is 7. The van der Waals surface area contributed by atoms with Gasteiger partial charge in [-0.25, -0.2) is 0 Å². The van der Waals surface area contributed by atoms with Crippen LogP contribution in [0.3, 0.4) is 0 Å². The van der Waals surface area contributed by atoms with E-state index < -0.39 is 0 Å². The monoisotopic (exact) mass is 449 g/mol. The highest BCUT2D eigenvalue weighted by molar-refractivity contribution is 7.13. The molecular formula is C24H27N5O2S. The lowest BCUT2D eigenvalue weighted by atomic mass is 9.90. The van der Waals surface area contributed by atoms with Crippen LogP contribution < -0.4 is 0 Å². The van der Waals surface area contributed by atoms with Crippen LogP contribution in [0, 0.1) is 5.92 Å². The van der Waals surface area contributed by atoms with Crippen molar-refractivity contribution >= 4 is 33.9 Å². The molecule has 1 aromatic carbocycles. The first-order chi connectivity index (χ1) is 15.7. The first-order valence-electron chi connectivity index (χ1n) is 11.3. The highest BCUT2D eigenvalue weighted by Crippen LogP contribution is 2.27. The van der Waals surface area contributed by atoms with Crippen LogP contribution in [0.25, 0.3) is 21.3 Å². The van der Waals surface area contributed by atoms with Crippen molar-refractivity contribution in [1.29, 1.82) is 0 Å². The van der Waals surface area contributed by atoms with Crippen molar-refractivity contribution in [2.24, 2.45) is 5.92 Å². The molecule has 0 atom stereocenters. The van der Waals surface area contributed by atoms with Gasteiger partial charge in [0.2, 0.25) is 5.91 Å². The quantitative estimate of drug-likeness (QED) is 0.575. The summed E-state index contributed by atoms with van der Waals surface area (Å²) in [5.41, 5.74) is 4.44. The molecule has 0 saturated carbocycles. The van der Waals surface area contributed by atoms with E-state index in [1.165, 1.54) is 12.8 Å². The van der Waals surface area contributed by atoms with Crippen molar-refractivity contribution in [3.05, 3.63) is 41.7 Å². The molecule has 0 bridgehead atoms. The van der Waals surface area contributed by atoms with Crippen molar-refractivity contribution in [2.75, 3.05) is 32.7 Å². The van der Waals surface area contributed by atoms with Crippen LogP contribution in [0.2, 0.25) is 0 Å². The number of piperidine rings is 1. The van der Waals surface area contributed by atoms with Gasteiger partial charge in [-0.05, 0) is 62.5 Å². The Balaban J connectivity index is 1.19. The molecule has 4 heterocycles. The van der Waals surface area contributed by atoms with Crippen LogP contribution in [0.15, 0.2) is 36.0 Å². The number of thiazole rings is 1. The van der Waals surface area contributed by atoms with Gasteiger partial charge in [-0.15, -0.1) is 11.3 Å². The Bertz CT molecular complexity index is 1100. The number of rotatable bonds is 6. The zero-order valence-corrected chi connectivity index (χ0v) is 18.9. The van der Waals surface area contributed by atoms with Gasteiger partial charge in [0.1, 0.15) is 5.78 Å². The predicted molar refractivity (Wildman–Crippen MR) is 124 cm³/mol. The minimum atomic E-state index is -0.00754. The van der Waals surface area contributed by atoms with Gasteiger partial charge < -0.3 is 4.90 Å². The van der Waals surface area contributed by atoms with Crippen molar-refractivity contribution in [3.8, 4) is 10.4 Å². The molecule has 0 aliphatic carbocycles. The smallest absolute Gasteiger partial charge is 0.236 e. The summed E-state index contributed by atoms with van der Waals surface area (Å²) < 4.78 is 0. The maximum absolute atomic E-state index is 12.9. The summed E-state index contributed by atoms with van der Waals surface area (Å²) in [5.74, 6) is 0.394. The van der Waals surface area contributed by atoms with Crippen LogP contribution >= 0.6 is 11.3 Å². The van der Waals surface area contributed by atoms with Gasteiger partial charge in [-0.3, -0.25) is 19.5 Å². The highest BCUT2D eigenvalue weighted by Gasteiger charge is 2.28. The summed E-state index contributed by atoms with van der Waals surface area (Å²) in [7, 11) is 0. The number of likely N-dealkylation sites (tertiary alicyclic amines) is 2. The van der Waals surface area contributed by atoms with E-state index in [4.69, 9.17) is 0 Å². The molecule has 5 rings (SSSR count). The predicted octanol–water partition coefficient (Wildman–Crippen LogP) is 3.20. The molecule has 32 heavy (non-hydrogen) atoms. The molecule has 2 aliphatic rings. The number of carbonyl (C=O) groups is 2. The SMILES string of the molecule is O=C(Cc1cc2cc(-c3cncs3)ccc2nn1)C1CCN(C(=O)CN2CCCC2)CC1. The fourth-order valence-corrected chi connectivity index (χ4v) is 5.31. The Kier molecular flexibility index (Phi) is 6.23. The summed E-state index contributed by atoms with van der Waals surface area (Å²) in [6.07, 6.45) is 6.00. The Morgan fingerprint density at radius 3 is 2.59 bits per heavy atom. The number of carbonyl (C=O) groups excluding carboxylic acids is 2. The van der Waals surface area contributed by atoms with Gasteiger partial charge in [-0.2, -0.15) is 10.2 Å². The zero-order valence-electron chi connectivity index (χ0n) is 18.1. The molecule has 0 radical (unpaired) electrons. The molecule has 2 saturated heterocycles. The van der Waals surface area contributed by atoms with Gasteiger partial charge in [0.25, 0.3) is 0 Å². The van der Waals surface area contributed by atoms with Crippen molar-refractivity contribution < 1.29 is 9.59 Å². The fraction of sp³-hybridized carbons (Fsp3) is 0.458. The fourth-order valence-electron chi connectivity index (χ4n) is 4.69. The summed E-state index contributed by atoms with van der Waals surface area (Å²) in [5, 5.41) is 9.58. The first-order valence-corrected chi connectivity index (χ1v) is 12.2. The van der Waals surface area contributed by atoms with E-state index >= 15 is 0 Å². The maximum Gasteiger partial charge on any atom is 0.236 e. The molecule has 0 spiro atoms. The Morgan fingerprint density at radius 1 is 1.03 bits per heavy atom. The number of fused-ring (bicyclic) bond motifs is 1. The van der Waals surface area contributed by atoms with Gasteiger partial charge >= 0.3 is 0 Å². The number of amides is 1. The third-order valence-electron chi connectivity index (χ3n) is 6.57. The van der Waals surface area contributed by atoms with Crippen LogP contribution in [0.4, 0.5) is 0 Å². The molecule has 8 heteroatoms. The molecule has 2 aliphatic heterocycles. The number of benzene rings is 1. The summed E-state index contributed by atoms with van der Waals surface area (Å²) in [4.78, 5) is 34.9. The Labute approximate surface area is 191 Å². The van der Waals surface area contributed by atoms with Crippen LogP contribution in [-0.2, 0) is 16.0 Å². The third kappa shape index (κ3) is 4.71. The molecular weight excluding hydrogens is 422 g/mol. The number of Topliss-reactive ketones (excluding diaryl/α,β-unsaturated/α-hetero) is 1. The van der Waals surface area contributed by atoms with Crippen molar-refractivity contribution in [2.45, 2.75) is 32.1 Å². The lowest BCUT2D eigenvalue weighted by Gasteiger charge is -2.32. The number of nitrogens with zero attached hydrogens (tertiary/aromatic N) is 5. The van der Waals surface area contributed by atoms with E-state index in [-0.39, 0.29) is 17.6 Å². The van der Waals surface area contributed by atoms with Gasteiger partial charge in [0.05, 0.1) is 34.6 Å². The number of aromatic nitrogens is 3.